The number of H-pyrrole nitrogens is 1. The van der Waals surface area contributed by atoms with Crippen LogP contribution in [-0.2, 0) is 16.0 Å². The molecule has 2 amide bonds. The van der Waals surface area contributed by atoms with Crippen molar-refractivity contribution >= 4 is 11.8 Å². The molecule has 2 heterocycles. The Balaban J connectivity index is 1.93. The lowest BCUT2D eigenvalue weighted by molar-refractivity contribution is -0.136. The van der Waals surface area contributed by atoms with Gasteiger partial charge in [-0.3, -0.25) is 14.5 Å². The standard InChI is InChI=1S/C9H9N3O2/c13-8-1-2-9(14)12(8)4-3-7-5-10-6-11-7/h1-2,5-6H,3-4H2,(H,10,11). The van der Waals surface area contributed by atoms with Crippen molar-refractivity contribution in [2.45, 2.75) is 6.42 Å². The second-order valence-corrected chi connectivity index (χ2v) is 2.99. The highest BCUT2D eigenvalue weighted by Crippen LogP contribution is 2.04. The zero-order chi connectivity index (χ0) is 9.97. The molecule has 1 aliphatic heterocycles. The third-order valence-corrected chi connectivity index (χ3v) is 2.06. The predicted molar refractivity (Wildman–Crippen MR) is 48.2 cm³/mol. The van der Waals surface area contributed by atoms with Gasteiger partial charge in [0, 0.05) is 37.0 Å². The number of hydrogen-bond acceptors (Lipinski definition) is 3. The molecule has 0 bridgehead atoms. The number of imidazole rings is 1. The summed E-state index contributed by atoms with van der Waals surface area (Å²) in [5.74, 6) is -0.482. The van der Waals surface area contributed by atoms with Crippen molar-refractivity contribution in [3.05, 3.63) is 30.4 Å². The molecule has 0 saturated carbocycles. The van der Waals surface area contributed by atoms with Crippen molar-refractivity contribution in [3.8, 4) is 0 Å². The topological polar surface area (TPSA) is 66.1 Å². The lowest BCUT2D eigenvalue weighted by Crippen LogP contribution is -2.31. The third-order valence-electron chi connectivity index (χ3n) is 2.06. The molecule has 5 heteroatoms. The largest absolute Gasteiger partial charge is 0.348 e. The van der Waals surface area contributed by atoms with E-state index in [2.05, 4.69) is 9.97 Å². The highest BCUT2D eigenvalue weighted by Gasteiger charge is 2.22. The van der Waals surface area contributed by atoms with Crippen molar-refractivity contribution in [3.63, 3.8) is 0 Å². The summed E-state index contributed by atoms with van der Waals surface area (Å²) in [7, 11) is 0. The number of carbonyl (C=O) groups is 2. The summed E-state index contributed by atoms with van der Waals surface area (Å²) >= 11 is 0. The van der Waals surface area contributed by atoms with Crippen LogP contribution in [-0.4, -0.2) is 33.2 Å². The van der Waals surface area contributed by atoms with Crippen molar-refractivity contribution in [2.24, 2.45) is 0 Å². The number of hydrogen-bond donors (Lipinski definition) is 1. The van der Waals surface area contributed by atoms with Gasteiger partial charge in [0.1, 0.15) is 0 Å². The summed E-state index contributed by atoms with van der Waals surface area (Å²) in [6, 6.07) is 0. The SMILES string of the molecule is O=C1C=CC(=O)N1CCc1cnc[nH]1. The molecule has 0 atom stereocenters. The Bertz CT molecular complexity index is 363. The van der Waals surface area contributed by atoms with Gasteiger partial charge in [0.2, 0.25) is 0 Å². The minimum Gasteiger partial charge on any atom is -0.348 e. The van der Waals surface area contributed by atoms with Gasteiger partial charge in [-0.25, -0.2) is 4.98 Å². The van der Waals surface area contributed by atoms with Crippen molar-refractivity contribution in [2.75, 3.05) is 6.54 Å². The number of aromatic nitrogens is 2. The molecule has 0 unspecified atom stereocenters. The van der Waals surface area contributed by atoms with Crippen molar-refractivity contribution in [1.29, 1.82) is 0 Å². The molecule has 5 nitrogen and oxygen atoms in total. The molecule has 2 rings (SSSR count). The Kier molecular flexibility index (Phi) is 2.14. The van der Waals surface area contributed by atoms with E-state index in [-0.39, 0.29) is 11.8 Å². The van der Waals surface area contributed by atoms with Crippen LogP contribution in [0.4, 0.5) is 0 Å². The van der Waals surface area contributed by atoms with Crippen LogP contribution in [0, 0.1) is 0 Å². The van der Waals surface area contributed by atoms with E-state index < -0.39 is 0 Å². The molecule has 1 aromatic heterocycles. The lowest BCUT2D eigenvalue weighted by Gasteiger charge is -2.12. The van der Waals surface area contributed by atoms with E-state index in [0.29, 0.717) is 13.0 Å². The minimum absolute atomic E-state index is 0.241. The fourth-order valence-corrected chi connectivity index (χ4v) is 1.31. The van der Waals surface area contributed by atoms with Gasteiger partial charge in [-0.2, -0.15) is 0 Å². The van der Waals surface area contributed by atoms with Crippen molar-refractivity contribution < 1.29 is 9.59 Å². The Morgan fingerprint density at radius 2 is 2.00 bits per heavy atom. The summed E-state index contributed by atoms with van der Waals surface area (Å²) in [4.78, 5) is 30.2. The van der Waals surface area contributed by atoms with Gasteiger partial charge in [-0.1, -0.05) is 0 Å². The second kappa shape index (κ2) is 3.45. The van der Waals surface area contributed by atoms with Gasteiger partial charge in [0.15, 0.2) is 0 Å². The molecule has 0 radical (unpaired) electrons. The zero-order valence-electron chi connectivity index (χ0n) is 7.43. The molecule has 1 N–H and O–H groups in total. The zero-order valence-corrected chi connectivity index (χ0v) is 7.43. The average molecular weight is 191 g/mol. The van der Waals surface area contributed by atoms with Gasteiger partial charge < -0.3 is 4.98 Å². The lowest BCUT2D eigenvalue weighted by atomic mass is 10.3. The van der Waals surface area contributed by atoms with Crippen LogP contribution in [0.3, 0.4) is 0 Å². The molecule has 72 valence electrons. The summed E-state index contributed by atoms with van der Waals surface area (Å²) in [6.45, 7) is 0.396. The van der Waals surface area contributed by atoms with Crippen LogP contribution in [0.15, 0.2) is 24.7 Å². The molecule has 0 fully saturated rings. The van der Waals surface area contributed by atoms with Crippen LogP contribution in [0.1, 0.15) is 5.69 Å². The van der Waals surface area contributed by atoms with E-state index in [4.69, 9.17) is 0 Å². The van der Waals surface area contributed by atoms with Crippen LogP contribution in [0.25, 0.3) is 0 Å². The smallest absolute Gasteiger partial charge is 0.253 e. The molecule has 0 aromatic carbocycles. The molecular formula is C9H9N3O2. The molecule has 14 heavy (non-hydrogen) atoms. The quantitative estimate of drug-likeness (QED) is 0.677. The second-order valence-electron chi connectivity index (χ2n) is 2.99. The van der Waals surface area contributed by atoms with E-state index in [1.807, 2.05) is 0 Å². The summed E-state index contributed by atoms with van der Waals surface area (Å²) in [5.41, 5.74) is 0.914. The van der Waals surface area contributed by atoms with Crippen LogP contribution in [0.2, 0.25) is 0 Å². The molecule has 0 spiro atoms. The first-order valence-electron chi connectivity index (χ1n) is 4.28. The maximum absolute atomic E-state index is 11.1. The molecule has 1 aromatic rings. The van der Waals surface area contributed by atoms with E-state index in [1.165, 1.54) is 17.1 Å². The fraction of sp³-hybridized carbons (Fsp3) is 0.222. The van der Waals surface area contributed by atoms with Crippen LogP contribution < -0.4 is 0 Å². The number of carbonyl (C=O) groups excluding carboxylic acids is 2. The first kappa shape index (κ1) is 8.68. The van der Waals surface area contributed by atoms with E-state index in [0.717, 1.165) is 5.69 Å². The Morgan fingerprint density at radius 1 is 1.29 bits per heavy atom. The number of aromatic amines is 1. The normalized spacial score (nSPS) is 15.6. The van der Waals surface area contributed by atoms with Crippen LogP contribution in [0.5, 0.6) is 0 Å². The van der Waals surface area contributed by atoms with Crippen molar-refractivity contribution in [1.82, 2.24) is 14.9 Å². The van der Waals surface area contributed by atoms with E-state index in [9.17, 15) is 9.59 Å². The van der Waals surface area contributed by atoms with Gasteiger partial charge in [-0.05, 0) is 0 Å². The Morgan fingerprint density at radius 3 is 2.57 bits per heavy atom. The predicted octanol–water partition coefficient (Wildman–Crippen LogP) is -0.123. The van der Waals surface area contributed by atoms with Gasteiger partial charge in [0.05, 0.1) is 6.33 Å². The first-order chi connectivity index (χ1) is 6.77. The maximum atomic E-state index is 11.1. The van der Waals surface area contributed by atoms with E-state index in [1.54, 1.807) is 12.5 Å². The Labute approximate surface area is 80.4 Å². The number of nitrogens with zero attached hydrogens (tertiary/aromatic N) is 2. The fourth-order valence-electron chi connectivity index (χ4n) is 1.31. The minimum atomic E-state index is -0.241. The first-order valence-corrected chi connectivity index (χ1v) is 4.28. The average Bonchev–Trinajstić information content (AvgIpc) is 2.76. The third kappa shape index (κ3) is 1.56. The van der Waals surface area contributed by atoms with E-state index >= 15 is 0 Å². The van der Waals surface area contributed by atoms with Gasteiger partial charge in [0.25, 0.3) is 11.8 Å². The molecular weight excluding hydrogens is 182 g/mol. The number of imide groups is 1. The Hall–Kier alpha value is -1.91. The highest BCUT2D eigenvalue weighted by atomic mass is 16.2. The van der Waals surface area contributed by atoms with Crippen LogP contribution >= 0.6 is 0 Å². The highest BCUT2D eigenvalue weighted by molar-refractivity contribution is 6.12. The molecule has 0 saturated heterocycles. The number of nitrogens with one attached hydrogen (secondary N) is 1. The van der Waals surface area contributed by atoms with Gasteiger partial charge >= 0.3 is 0 Å². The summed E-state index contributed by atoms with van der Waals surface area (Å²) in [6.07, 6.45) is 6.43. The maximum Gasteiger partial charge on any atom is 0.253 e. The summed E-state index contributed by atoms with van der Waals surface area (Å²) in [5, 5.41) is 0. The monoisotopic (exact) mass is 191 g/mol. The number of amides is 2. The number of rotatable bonds is 3. The molecule has 0 aliphatic carbocycles. The molecule has 1 aliphatic rings. The summed E-state index contributed by atoms with van der Waals surface area (Å²) < 4.78 is 0. The van der Waals surface area contributed by atoms with Gasteiger partial charge in [-0.15, -0.1) is 0 Å².